The van der Waals surface area contributed by atoms with Crippen LogP contribution < -0.4 is 10.1 Å². The van der Waals surface area contributed by atoms with Gasteiger partial charge in [-0.25, -0.2) is 4.39 Å². The van der Waals surface area contributed by atoms with Crippen molar-refractivity contribution >= 4 is 29.1 Å². The zero-order valence-corrected chi connectivity index (χ0v) is 12.9. The average molecular weight is 340 g/mol. The van der Waals surface area contributed by atoms with Crippen LogP contribution in [0.2, 0.25) is 10.0 Å². The Morgan fingerprint density at radius 3 is 2.86 bits per heavy atom. The topological polar surface area (TPSA) is 38.3 Å². The lowest BCUT2D eigenvalue weighted by Crippen LogP contribution is -2.34. The molecule has 1 N–H and O–H groups in total. The molecule has 3 rings (SSSR count). The maximum atomic E-state index is 13.2. The van der Waals surface area contributed by atoms with Crippen LogP contribution in [-0.2, 0) is 6.42 Å². The lowest BCUT2D eigenvalue weighted by Gasteiger charge is -2.12. The van der Waals surface area contributed by atoms with E-state index in [0.717, 1.165) is 5.56 Å². The Bertz CT molecular complexity index is 736. The molecule has 2 aromatic carbocycles. The first kappa shape index (κ1) is 15.1. The quantitative estimate of drug-likeness (QED) is 0.921. The van der Waals surface area contributed by atoms with Crippen molar-refractivity contribution in [2.75, 3.05) is 6.54 Å². The van der Waals surface area contributed by atoms with Crippen molar-refractivity contribution in [1.82, 2.24) is 5.32 Å². The van der Waals surface area contributed by atoms with Crippen LogP contribution >= 0.6 is 23.2 Å². The minimum atomic E-state index is -0.299. The van der Waals surface area contributed by atoms with Gasteiger partial charge in [-0.3, -0.25) is 4.79 Å². The molecule has 1 amide bonds. The molecule has 1 aliphatic rings. The molecule has 1 aliphatic heterocycles. The standard InChI is InChI=1S/C16H12Cl2FNO2/c17-10-1-3-13(14(18)7-10)16(21)20-8-12-6-9-5-11(19)2-4-15(9)22-12/h1-5,7,12H,6,8H2,(H,20,21)/t12-/m0/s1. The predicted molar refractivity (Wildman–Crippen MR) is 83.3 cm³/mol. The van der Waals surface area contributed by atoms with Crippen LogP contribution in [0.4, 0.5) is 4.39 Å². The number of hydrogen-bond donors (Lipinski definition) is 1. The molecule has 0 saturated heterocycles. The summed E-state index contributed by atoms with van der Waals surface area (Å²) in [6.07, 6.45) is 0.341. The second kappa shape index (κ2) is 6.15. The molecule has 0 aliphatic carbocycles. The lowest BCUT2D eigenvalue weighted by atomic mass is 10.1. The van der Waals surface area contributed by atoms with E-state index in [1.54, 1.807) is 18.2 Å². The molecule has 0 unspecified atom stereocenters. The Labute approximate surface area is 137 Å². The van der Waals surface area contributed by atoms with Gasteiger partial charge in [-0.1, -0.05) is 23.2 Å². The van der Waals surface area contributed by atoms with Gasteiger partial charge in [0.25, 0.3) is 5.91 Å². The summed E-state index contributed by atoms with van der Waals surface area (Å²) < 4.78 is 18.8. The van der Waals surface area contributed by atoms with Gasteiger partial charge in [-0.15, -0.1) is 0 Å². The van der Waals surface area contributed by atoms with Gasteiger partial charge in [0.1, 0.15) is 17.7 Å². The van der Waals surface area contributed by atoms with Gasteiger partial charge in [0.15, 0.2) is 0 Å². The Kier molecular flexibility index (Phi) is 4.23. The van der Waals surface area contributed by atoms with Crippen LogP contribution in [-0.4, -0.2) is 18.6 Å². The van der Waals surface area contributed by atoms with Crippen LogP contribution in [0.15, 0.2) is 36.4 Å². The number of ether oxygens (including phenoxy) is 1. The number of carbonyl (C=O) groups excluding carboxylic acids is 1. The molecule has 2 aromatic rings. The lowest BCUT2D eigenvalue weighted by molar-refractivity contribution is 0.0933. The predicted octanol–water partition coefficient (Wildman–Crippen LogP) is 3.87. The van der Waals surface area contributed by atoms with Crippen LogP contribution in [0, 0.1) is 5.82 Å². The SMILES string of the molecule is O=C(NC[C@@H]1Cc2cc(F)ccc2O1)c1ccc(Cl)cc1Cl. The molecule has 1 heterocycles. The van der Waals surface area contributed by atoms with E-state index in [2.05, 4.69) is 5.32 Å². The van der Waals surface area contributed by atoms with E-state index in [1.807, 2.05) is 0 Å². The molecule has 114 valence electrons. The molecule has 1 atom stereocenters. The summed E-state index contributed by atoms with van der Waals surface area (Å²) in [7, 11) is 0. The number of fused-ring (bicyclic) bond motifs is 1. The largest absolute Gasteiger partial charge is 0.488 e. The monoisotopic (exact) mass is 339 g/mol. The highest BCUT2D eigenvalue weighted by Crippen LogP contribution is 2.29. The summed E-state index contributed by atoms with van der Waals surface area (Å²) in [5.41, 5.74) is 1.16. The van der Waals surface area contributed by atoms with Crippen LogP contribution in [0.5, 0.6) is 5.75 Å². The third-order valence-electron chi connectivity index (χ3n) is 3.43. The first-order valence-corrected chi connectivity index (χ1v) is 7.47. The minimum absolute atomic E-state index is 0.216. The maximum absolute atomic E-state index is 13.2. The van der Waals surface area contributed by atoms with Crippen LogP contribution in [0.1, 0.15) is 15.9 Å². The number of benzene rings is 2. The second-order valence-corrected chi connectivity index (χ2v) is 5.87. The van der Waals surface area contributed by atoms with Gasteiger partial charge in [0.05, 0.1) is 17.1 Å². The van der Waals surface area contributed by atoms with E-state index in [0.29, 0.717) is 34.3 Å². The van der Waals surface area contributed by atoms with E-state index in [4.69, 9.17) is 27.9 Å². The number of rotatable bonds is 3. The number of nitrogens with one attached hydrogen (secondary N) is 1. The molecule has 0 aromatic heterocycles. The van der Waals surface area contributed by atoms with Gasteiger partial charge in [0, 0.05) is 17.0 Å². The third kappa shape index (κ3) is 3.18. The second-order valence-electron chi connectivity index (χ2n) is 5.03. The number of amides is 1. The highest BCUT2D eigenvalue weighted by Gasteiger charge is 2.24. The number of hydrogen-bond acceptors (Lipinski definition) is 2. The summed E-state index contributed by atoms with van der Waals surface area (Å²) >= 11 is 11.8. The van der Waals surface area contributed by atoms with E-state index < -0.39 is 0 Å². The molecule has 0 saturated carbocycles. The van der Waals surface area contributed by atoms with Gasteiger partial charge in [-0.05, 0) is 36.4 Å². The van der Waals surface area contributed by atoms with E-state index in [-0.39, 0.29) is 17.8 Å². The molecule has 0 fully saturated rings. The van der Waals surface area contributed by atoms with Gasteiger partial charge >= 0.3 is 0 Å². The molecular formula is C16H12Cl2FNO2. The average Bonchev–Trinajstić information content (AvgIpc) is 2.86. The van der Waals surface area contributed by atoms with Gasteiger partial charge in [0.2, 0.25) is 0 Å². The highest BCUT2D eigenvalue weighted by molar-refractivity contribution is 6.36. The fourth-order valence-electron chi connectivity index (χ4n) is 2.38. The first-order valence-electron chi connectivity index (χ1n) is 6.71. The molecule has 6 heteroatoms. The van der Waals surface area contributed by atoms with Crippen molar-refractivity contribution < 1.29 is 13.9 Å². The summed E-state index contributed by atoms with van der Waals surface area (Å²) in [5, 5.41) is 3.53. The number of halogens is 3. The summed E-state index contributed by atoms with van der Waals surface area (Å²) in [4.78, 5) is 12.1. The van der Waals surface area contributed by atoms with Crippen molar-refractivity contribution in [2.45, 2.75) is 12.5 Å². The molecular weight excluding hydrogens is 328 g/mol. The van der Waals surface area contributed by atoms with E-state index >= 15 is 0 Å². The first-order chi connectivity index (χ1) is 10.5. The zero-order valence-electron chi connectivity index (χ0n) is 11.4. The van der Waals surface area contributed by atoms with Crippen LogP contribution in [0.3, 0.4) is 0 Å². The Hall–Kier alpha value is -1.78. The molecule has 0 spiro atoms. The van der Waals surface area contributed by atoms with Crippen molar-refractivity contribution in [2.24, 2.45) is 0 Å². The van der Waals surface area contributed by atoms with Crippen molar-refractivity contribution in [3.8, 4) is 5.75 Å². The minimum Gasteiger partial charge on any atom is -0.488 e. The summed E-state index contributed by atoms with van der Waals surface area (Å²) in [6, 6.07) is 9.10. The van der Waals surface area contributed by atoms with Gasteiger partial charge in [-0.2, -0.15) is 0 Å². The normalized spacial score (nSPS) is 16.0. The molecule has 3 nitrogen and oxygen atoms in total. The Balaban J connectivity index is 1.61. The molecule has 22 heavy (non-hydrogen) atoms. The number of carbonyl (C=O) groups is 1. The van der Waals surface area contributed by atoms with Crippen molar-refractivity contribution in [3.63, 3.8) is 0 Å². The summed E-state index contributed by atoms with van der Waals surface area (Å²) in [6.45, 7) is 0.314. The Morgan fingerprint density at radius 1 is 1.27 bits per heavy atom. The molecule has 0 bridgehead atoms. The smallest absolute Gasteiger partial charge is 0.252 e. The zero-order chi connectivity index (χ0) is 15.7. The third-order valence-corrected chi connectivity index (χ3v) is 3.98. The van der Waals surface area contributed by atoms with E-state index in [9.17, 15) is 9.18 Å². The highest BCUT2D eigenvalue weighted by atomic mass is 35.5. The fraction of sp³-hybridized carbons (Fsp3) is 0.188. The maximum Gasteiger partial charge on any atom is 0.252 e. The fourth-order valence-corrected chi connectivity index (χ4v) is 2.87. The van der Waals surface area contributed by atoms with Gasteiger partial charge < -0.3 is 10.1 Å². The summed E-state index contributed by atoms with van der Waals surface area (Å²) in [5.74, 6) is 0.0672. The Morgan fingerprint density at radius 2 is 2.09 bits per heavy atom. The van der Waals surface area contributed by atoms with Crippen molar-refractivity contribution in [1.29, 1.82) is 0 Å². The molecule has 0 radical (unpaired) electrons. The van der Waals surface area contributed by atoms with E-state index in [1.165, 1.54) is 18.2 Å². The van der Waals surface area contributed by atoms with Crippen molar-refractivity contribution in [3.05, 3.63) is 63.4 Å². The van der Waals surface area contributed by atoms with Crippen LogP contribution in [0.25, 0.3) is 0 Å².